The van der Waals surface area contributed by atoms with Crippen LogP contribution >= 0.6 is 0 Å². The number of nitrogens with two attached hydrogens (primary N) is 1. The molecule has 0 spiro atoms. The van der Waals surface area contributed by atoms with Crippen molar-refractivity contribution in [3.63, 3.8) is 0 Å². The van der Waals surface area contributed by atoms with Gasteiger partial charge in [-0.05, 0) is 45.5 Å². The van der Waals surface area contributed by atoms with Crippen molar-refractivity contribution in [2.45, 2.75) is 38.4 Å². The molecule has 0 saturated carbocycles. The lowest BCUT2D eigenvalue weighted by atomic mass is 10.1. The van der Waals surface area contributed by atoms with Crippen LogP contribution in [0.3, 0.4) is 0 Å². The van der Waals surface area contributed by atoms with E-state index in [1.807, 2.05) is 24.1 Å². The third-order valence-corrected chi connectivity index (χ3v) is 3.88. The molecule has 2 atom stereocenters. The molecule has 5 nitrogen and oxygen atoms in total. The van der Waals surface area contributed by atoms with Crippen molar-refractivity contribution in [2.24, 2.45) is 5.73 Å². The second-order valence-corrected chi connectivity index (χ2v) is 5.26. The monoisotopic (exact) mass is 265 g/mol. The highest BCUT2D eigenvalue weighted by Crippen LogP contribution is 2.20. The van der Waals surface area contributed by atoms with Crippen molar-refractivity contribution >= 4 is 5.91 Å². The topological polar surface area (TPSA) is 62.7 Å². The maximum Gasteiger partial charge on any atom is 0.240 e. The Hall–Kier alpha value is -1.33. The molecule has 106 valence electrons. The predicted octanol–water partition coefficient (Wildman–Crippen LogP) is 1.05. The highest BCUT2D eigenvalue weighted by Gasteiger charge is 2.33. The molecule has 2 heterocycles. The lowest BCUT2D eigenvalue weighted by Gasteiger charge is -2.29. The second kappa shape index (κ2) is 6.21. The van der Waals surface area contributed by atoms with Gasteiger partial charge in [-0.25, -0.2) is 0 Å². The summed E-state index contributed by atoms with van der Waals surface area (Å²) in [7, 11) is 2.00. The average Bonchev–Trinajstić information content (AvgIpc) is 2.88. The number of furan rings is 1. The number of likely N-dealkylation sites (N-methyl/N-ethyl adjacent to an activating group) is 1. The SMILES string of the molecule is CC1CCN(C)C(CCN)C(=O)N1Cc1ccco1. The maximum absolute atomic E-state index is 12.7. The summed E-state index contributed by atoms with van der Waals surface area (Å²) in [6.45, 7) is 4.09. The zero-order chi connectivity index (χ0) is 13.8. The number of rotatable bonds is 4. The summed E-state index contributed by atoms with van der Waals surface area (Å²) in [6.07, 6.45) is 3.33. The molecule has 1 fully saturated rings. The largest absolute Gasteiger partial charge is 0.467 e. The van der Waals surface area contributed by atoms with E-state index in [4.69, 9.17) is 10.2 Å². The fraction of sp³-hybridized carbons (Fsp3) is 0.643. The predicted molar refractivity (Wildman–Crippen MR) is 73.4 cm³/mol. The molecule has 0 aromatic carbocycles. The molecule has 0 radical (unpaired) electrons. The molecular formula is C14H23N3O2. The van der Waals surface area contributed by atoms with Crippen LogP contribution in [0.5, 0.6) is 0 Å². The van der Waals surface area contributed by atoms with E-state index >= 15 is 0 Å². The normalized spacial score (nSPS) is 25.6. The van der Waals surface area contributed by atoms with Crippen LogP contribution in [0.25, 0.3) is 0 Å². The molecule has 19 heavy (non-hydrogen) atoms. The summed E-state index contributed by atoms with van der Waals surface area (Å²) >= 11 is 0. The van der Waals surface area contributed by atoms with Crippen LogP contribution in [0.4, 0.5) is 0 Å². The van der Waals surface area contributed by atoms with Crippen LogP contribution in [0.15, 0.2) is 22.8 Å². The molecule has 2 rings (SSSR count). The lowest BCUT2D eigenvalue weighted by molar-refractivity contribution is -0.137. The molecule has 0 bridgehead atoms. The van der Waals surface area contributed by atoms with Crippen LogP contribution in [0, 0.1) is 0 Å². The van der Waals surface area contributed by atoms with Gasteiger partial charge in [0.1, 0.15) is 5.76 Å². The van der Waals surface area contributed by atoms with Gasteiger partial charge in [0, 0.05) is 12.6 Å². The summed E-state index contributed by atoms with van der Waals surface area (Å²) < 4.78 is 5.36. The third-order valence-electron chi connectivity index (χ3n) is 3.88. The zero-order valence-electron chi connectivity index (χ0n) is 11.7. The van der Waals surface area contributed by atoms with E-state index in [1.165, 1.54) is 0 Å². The van der Waals surface area contributed by atoms with Gasteiger partial charge in [0.15, 0.2) is 0 Å². The van der Waals surface area contributed by atoms with Crippen LogP contribution in [0.1, 0.15) is 25.5 Å². The summed E-state index contributed by atoms with van der Waals surface area (Å²) in [5, 5.41) is 0. The van der Waals surface area contributed by atoms with E-state index in [1.54, 1.807) is 6.26 Å². The Kier molecular flexibility index (Phi) is 4.61. The molecule has 2 N–H and O–H groups in total. The molecule has 0 aliphatic carbocycles. The minimum atomic E-state index is -0.107. The minimum Gasteiger partial charge on any atom is -0.467 e. The smallest absolute Gasteiger partial charge is 0.240 e. The fourth-order valence-electron chi connectivity index (χ4n) is 2.61. The van der Waals surface area contributed by atoms with Crippen molar-refractivity contribution in [2.75, 3.05) is 20.1 Å². The van der Waals surface area contributed by atoms with E-state index < -0.39 is 0 Å². The first-order valence-electron chi connectivity index (χ1n) is 6.86. The first-order valence-corrected chi connectivity index (χ1v) is 6.86. The first-order chi connectivity index (χ1) is 9.13. The summed E-state index contributed by atoms with van der Waals surface area (Å²) in [5.41, 5.74) is 5.64. The Balaban J connectivity index is 2.16. The van der Waals surface area contributed by atoms with Gasteiger partial charge < -0.3 is 15.1 Å². The average molecular weight is 265 g/mol. The molecule has 1 aromatic rings. The fourth-order valence-corrected chi connectivity index (χ4v) is 2.61. The number of hydrogen-bond donors (Lipinski definition) is 1. The first kappa shape index (κ1) is 14.1. The van der Waals surface area contributed by atoms with Gasteiger partial charge in [0.2, 0.25) is 5.91 Å². The van der Waals surface area contributed by atoms with E-state index in [2.05, 4.69) is 11.8 Å². The molecular weight excluding hydrogens is 242 g/mol. The number of carbonyl (C=O) groups excluding carboxylic acids is 1. The van der Waals surface area contributed by atoms with Gasteiger partial charge in [-0.1, -0.05) is 0 Å². The van der Waals surface area contributed by atoms with Crippen LogP contribution in [0.2, 0.25) is 0 Å². The van der Waals surface area contributed by atoms with Crippen molar-refractivity contribution in [3.8, 4) is 0 Å². The van der Waals surface area contributed by atoms with Crippen LogP contribution < -0.4 is 5.73 Å². The molecule has 5 heteroatoms. The van der Waals surface area contributed by atoms with Gasteiger partial charge in [0.05, 0.1) is 18.8 Å². The van der Waals surface area contributed by atoms with Crippen molar-refractivity contribution in [3.05, 3.63) is 24.2 Å². The van der Waals surface area contributed by atoms with Crippen molar-refractivity contribution < 1.29 is 9.21 Å². The van der Waals surface area contributed by atoms with E-state index in [0.717, 1.165) is 18.7 Å². The Labute approximate surface area is 114 Å². The molecule has 1 amide bonds. The molecule has 1 aliphatic heterocycles. The summed E-state index contributed by atoms with van der Waals surface area (Å²) in [6, 6.07) is 3.88. The molecule has 1 aliphatic rings. The Bertz CT molecular complexity index is 405. The number of carbonyl (C=O) groups is 1. The van der Waals surface area contributed by atoms with E-state index in [0.29, 0.717) is 19.5 Å². The Morgan fingerprint density at radius 3 is 2.95 bits per heavy atom. The van der Waals surface area contributed by atoms with Gasteiger partial charge >= 0.3 is 0 Å². The highest BCUT2D eigenvalue weighted by atomic mass is 16.3. The zero-order valence-corrected chi connectivity index (χ0v) is 11.7. The number of nitrogens with zero attached hydrogens (tertiary/aromatic N) is 2. The van der Waals surface area contributed by atoms with Crippen molar-refractivity contribution in [1.82, 2.24) is 9.80 Å². The highest BCUT2D eigenvalue weighted by molar-refractivity contribution is 5.82. The second-order valence-electron chi connectivity index (χ2n) is 5.26. The summed E-state index contributed by atoms with van der Waals surface area (Å²) in [5.74, 6) is 0.991. The maximum atomic E-state index is 12.7. The Morgan fingerprint density at radius 2 is 2.32 bits per heavy atom. The summed E-state index contributed by atoms with van der Waals surface area (Å²) in [4.78, 5) is 16.7. The van der Waals surface area contributed by atoms with Crippen LogP contribution in [-0.2, 0) is 11.3 Å². The third kappa shape index (κ3) is 3.16. The Morgan fingerprint density at radius 1 is 1.53 bits per heavy atom. The number of amides is 1. The molecule has 2 unspecified atom stereocenters. The van der Waals surface area contributed by atoms with E-state index in [-0.39, 0.29) is 18.0 Å². The quantitative estimate of drug-likeness (QED) is 0.884. The van der Waals surface area contributed by atoms with Gasteiger partial charge in [-0.3, -0.25) is 9.69 Å². The molecule has 1 aromatic heterocycles. The van der Waals surface area contributed by atoms with Crippen molar-refractivity contribution in [1.29, 1.82) is 0 Å². The molecule has 1 saturated heterocycles. The standard InChI is InChI=1S/C14H23N3O2/c1-11-6-8-16(2)13(5-7-15)14(18)17(11)10-12-4-3-9-19-12/h3-4,9,11,13H,5-8,10,15H2,1-2H3. The van der Waals surface area contributed by atoms with E-state index in [9.17, 15) is 4.79 Å². The van der Waals surface area contributed by atoms with Gasteiger partial charge in [0.25, 0.3) is 0 Å². The van der Waals surface area contributed by atoms with Gasteiger partial charge in [-0.2, -0.15) is 0 Å². The van der Waals surface area contributed by atoms with Gasteiger partial charge in [-0.15, -0.1) is 0 Å². The van der Waals surface area contributed by atoms with Crippen LogP contribution in [-0.4, -0.2) is 47.9 Å². The number of hydrogen-bond acceptors (Lipinski definition) is 4. The lowest BCUT2D eigenvalue weighted by Crippen LogP contribution is -2.46. The minimum absolute atomic E-state index is 0.107.